The van der Waals surface area contributed by atoms with Crippen molar-refractivity contribution in [1.82, 2.24) is 59.1 Å². The van der Waals surface area contributed by atoms with Crippen molar-refractivity contribution in [1.29, 1.82) is 0 Å². The number of carboxylic acid groups (broad SMARTS) is 4. The molecular formula is C82H88CuGd2N14O14. The number of aliphatic carboxylic acids is 4. The number of hydrogen-bond donors (Lipinski definition) is 2. The summed E-state index contributed by atoms with van der Waals surface area (Å²) in [6.45, 7) is 10.0. The second-order valence-electron chi connectivity index (χ2n) is 28.4. The van der Waals surface area contributed by atoms with E-state index in [1.807, 2.05) is 72.8 Å². The summed E-state index contributed by atoms with van der Waals surface area (Å²) in [5, 5.41) is 76.8. The van der Waals surface area contributed by atoms with Gasteiger partial charge in [0.15, 0.2) is 0 Å². The molecule has 7 heterocycles. The maximum atomic E-state index is 14.2. The zero-order valence-corrected chi connectivity index (χ0v) is 69.1. The molecule has 2 fully saturated rings. The maximum Gasteiger partial charge on any atom is 3.00 e. The van der Waals surface area contributed by atoms with Gasteiger partial charge in [-0.2, -0.15) is 0 Å². The van der Waals surface area contributed by atoms with Crippen LogP contribution in [0.3, 0.4) is 0 Å². The largest absolute Gasteiger partial charge is 3.00 e. The number of rotatable bonds is 20. The fourth-order valence-electron chi connectivity index (χ4n) is 15.0. The minimum absolute atomic E-state index is 0. The monoisotopic (exact) mass is 1870 g/mol. The molecule has 4 amide bonds. The number of amides is 4. The van der Waals surface area contributed by atoms with Crippen molar-refractivity contribution in [3.8, 4) is 44.5 Å². The molecule has 28 nitrogen and oxygen atoms in total. The van der Waals surface area contributed by atoms with E-state index in [0.717, 1.165) is 66.8 Å². The summed E-state index contributed by atoms with van der Waals surface area (Å²) >= 11 is 0. The van der Waals surface area contributed by atoms with Gasteiger partial charge in [0.05, 0.1) is 59.7 Å². The second kappa shape index (κ2) is 42.1. The van der Waals surface area contributed by atoms with Crippen LogP contribution in [0.1, 0.15) is 56.2 Å². The number of aromatic nitrogens is 4. The molecule has 4 aliphatic heterocycles. The predicted octanol–water partition coefficient (Wildman–Crippen LogP) is -0.477. The van der Waals surface area contributed by atoms with Gasteiger partial charge < -0.3 is 80.2 Å². The van der Waals surface area contributed by atoms with E-state index in [0.29, 0.717) is 67.3 Å². The summed E-state index contributed by atoms with van der Waals surface area (Å²) in [5.74, 6) is -7.52. The third-order valence-electron chi connectivity index (χ3n) is 20.1. The fraction of sp³-hybridized carbons (Fsp3) is 0.366. The van der Waals surface area contributed by atoms with Gasteiger partial charge in [0, 0.05) is 142 Å². The molecule has 2 N–H and O–H groups in total. The first kappa shape index (κ1) is 90.6. The molecule has 113 heavy (non-hydrogen) atoms. The number of aryl methyl sites for hydroxylation is 6. The Kier molecular flexibility index (Phi) is 33.8. The zero-order valence-electron chi connectivity index (χ0n) is 63.6. The molecule has 4 aromatic carbocycles. The van der Waals surface area contributed by atoms with Crippen molar-refractivity contribution in [3.63, 3.8) is 0 Å². The summed E-state index contributed by atoms with van der Waals surface area (Å²) in [7, 11) is 0. The van der Waals surface area contributed by atoms with Gasteiger partial charge in [0.25, 0.3) is 0 Å². The molecule has 2 saturated heterocycles. The molecule has 0 aliphatic carbocycles. The number of carbonyl (C=O) groups is 8. The molecule has 31 heteroatoms. The van der Waals surface area contributed by atoms with Crippen LogP contribution >= 0.6 is 0 Å². The SMILES string of the molecule is Cc1cc(C)c(-c2c3nc(c(-c4ccc(NC(=O)CN5CCN(CC(=O)[O-])CCN(CC(=O)[O-])CCN(C(=O)C[O-])CC5)cc4)c4ccc([n-]4)c(-c4c(C)cc(C)cc4C)c4nc(c(-c5ccc(NC(=O)CN6CCN(CC(=O)[O-])CCN(CC(=O)[O-])CCN(C(=O)C[O-])CC6)cc5)c5ccc2[n-]5)C=C4)C=C3)c(C)c1.[Cu+2].[Gd+3].[Gd+3]. The normalized spacial score (nSPS) is 15.4. The average Bonchev–Trinajstić information content (AvgIpc) is 1.62. The van der Waals surface area contributed by atoms with Crippen LogP contribution in [0.2, 0.25) is 0 Å². The molecule has 0 spiro atoms. The summed E-state index contributed by atoms with van der Waals surface area (Å²) in [4.78, 5) is 136. The van der Waals surface area contributed by atoms with E-state index in [1.54, 1.807) is 43.9 Å². The van der Waals surface area contributed by atoms with Gasteiger partial charge in [0.2, 0.25) is 23.6 Å². The topological polar surface area (TPSA) is 379 Å². The van der Waals surface area contributed by atoms with Crippen LogP contribution in [0, 0.1) is 121 Å². The molecule has 3 aromatic heterocycles. The third-order valence-corrected chi connectivity index (χ3v) is 20.1. The van der Waals surface area contributed by atoms with Gasteiger partial charge in [-0.1, -0.05) is 97.1 Å². The summed E-state index contributed by atoms with van der Waals surface area (Å²) in [5.41, 5.74) is 18.3. The van der Waals surface area contributed by atoms with Gasteiger partial charge in [-0.05, 0) is 157 Å². The Labute approximate surface area is 730 Å². The average molecular weight is 1870 g/mol. The molecule has 4 aliphatic rings. The van der Waals surface area contributed by atoms with E-state index in [1.165, 1.54) is 19.6 Å². The van der Waals surface area contributed by atoms with Crippen molar-refractivity contribution < 1.29 is 166 Å². The Hall–Kier alpha value is -7.91. The first-order chi connectivity index (χ1) is 52.8. The van der Waals surface area contributed by atoms with Gasteiger partial charge in [-0.15, -0.1) is 22.1 Å². The van der Waals surface area contributed by atoms with Crippen molar-refractivity contribution in [2.45, 2.75) is 41.5 Å². The number of anilines is 2. The van der Waals surface area contributed by atoms with Crippen LogP contribution in [0.4, 0.5) is 11.4 Å². The molecular weight excluding hydrogens is 1780 g/mol. The summed E-state index contributed by atoms with van der Waals surface area (Å²) in [6.07, 6.45) is 7.90. The quantitative estimate of drug-likeness (QED) is 0.0910. The number of hydrogen-bond acceptors (Lipinski definition) is 22. The Bertz CT molecular complexity index is 4550. The number of nitrogens with one attached hydrogen (secondary N) is 2. The van der Waals surface area contributed by atoms with Crippen LogP contribution < -0.4 is 51.2 Å². The summed E-state index contributed by atoms with van der Waals surface area (Å²) < 4.78 is 0. The Morgan fingerprint density at radius 3 is 0.841 bits per heavy atom. The molecule has 0 saturated carbocycles. The summed E-state index contributed by atoms with van der Waals surface area (Å²) in [6, 6.07) is 31.1. The minimum Gasteiger partial charge on any atom is -0.848 e. The van der Waals surface area contributed by atoms with Gasteiger partial charge >= 0.3 is 96.9 Å². The van der Waals surface area contributed by atoms with Crippen molar-refractivity contribution in [2.75, 3.05) is 168 Å². The Morgan fingerprint density at radius 1 is 0.345 bits per heavy atom. The first-order valence-electron chi connectivity index (χ1n) is 36.6. The number of carbonyl (C=O) groups excluding carboxylic acids is 8. The van der Waals surface area contributed by atoms with Crippen LogP contribution in [0.25, 0.3) is 90.9 Å². The van der Waals surface area contributed by atoms with Crippen molar-refractivity contribution in [3.05, 3.63) is 153 Å². The molecule has 7 aromatic rings. The van der Waals surface area contributed by atoms with Crippen LogP contribution in [0.5, 0.6) is 0 Å². The maximum absolute atomic E-state index is 14.2. The van der Waals surface area contributed by atoms with Crippen LogP contribution in [-0.4, -0.2) is 254 Å². The molecule has 0 unspecified atom stereocenters. The number of carboxylic acids is 4. The zero-order chi connectivity index (χ0) is 78.4. The van der Waals surface area contributed by atoms with Crippen LogP contribution in [-0.2, 0) is 55.4 Å². The van der Waals surface area contributed by atoms with Crippen molar-refractivity contribution >= 4 is 105 Å². The smallest absolute Gasteiger partial charge is 0.848 e. The number of benzene rings is 4. The number of nitrogens with zero attached hydrogens (tertiary/aromatic N) is 12. The number of fused-ring (bicyclic) bond motifs is 8. The van der Waals surface area contributed by atoms with E-state index in [9.17, 15) is 69.0 Å². The van der Waals surface area contributed by atoms with E-state index in [-0.39, 0.29) is 215 Å². The van der Waals surface area contributed by atoms with Gasteiger partial charge in [-0.25, -0.2) is 9.97 Å². The predicted molar refractivity (Wildman–Crippen MR) is 406 cm³/mol. The molecule has 597 valence electrons. The first-order valence-corrected chi connectivity index (χ1v) is 36.6. The molecule has 3 radical (unpaired) electrons. The van der Waals surface area contributed by atoms with E-state index < -0.39 is 86.9 Å². The molecule has 11 rings (SSSR count). The van der Waals surface area contributed by atoms with Gasteiger partial charge in [0.1, 0.15) is 0 Å². The van der Waals surface area contributed by atoms with E-state index in [4.69, 9.17) is 19.9 Å². The fourth-order valence-corrected chi connectivity index (χ4v) is 15.0. The minimum atomic E-state index is -1.35. The Balaban J connectivity index is 0.00000533. The van der Waals surface area contributed by atoms with E-state index >= 15 is 0 Å². The third kappa shape index (κ3) is 24.1. The van der Waals surface area contributed by atoms with E-state index in [2.05, 4.69) is 76.4 Å². The van der Waals surface area contributed by atoms with Crippen LogP contribution in [0.15, 0.2) is 97.1 Å². The van der Waals surface area contributed by atoms with Gasteiger partial charge in [-0.3, -0.25) is 48.6 Å². The molecule has 0 atom stereocenters. The molecule has 8 bridgehead atoms. The Morgan fingerprint density at radius 2 is 0.584 bits per heavy atom. The second-order valence-corrected chi connectivity index (χ2v) is 28.4. The standard InChI is InChI=1S/C82H94N14O14.Cu.2Gd/c1-51-39-53(3)77(54(4)40-51)81-65-19-15-61(85-65)79(57-7-11-59(12-8-57)83-69(99)43-89-23-25-91(45-73(103)104)27-29-93(47-75(107)108)33-37-95(35-31-89)71(101)49-97)63-17-21-67(87-63)82(78-55(5)41-52(2)42-56(78)6)68-22-18-64(88-68)80(62-16-20-66(81)86-62)58-9-13-60(14-10-58)84-70(100)44-90-24-26-92(46-74(105)106)28-30-94(48-76(109)110)34-38-96(36-32-90)72(102)50-98;;;/h7-22,39-42H,23-38,43-50H2,1-6H3,(H8,83,84,85,86,87,88,99,100,103,104,105,106,107,108,109,110);;;/q-2;+2;2*+3/p-6. The van der Waals surface area contributed by atoms with Crippen molar-refractivity contribution in [2.24, 2.45) is 0 Å².